The van der Waals surface area contributed by atoms with Gasteiger partial charge in [0, 0.05) is 0 Å². The number of hydrogen-bond donors (Lipinski definition) is 0. The third-order valence-electron chi connectivity index (χ3n) is 2.47. The molecule has 7 heteroatoms. The Bertz CT molecular complexity index is 643. The zero-order valence-electron chi connectivity index (χ0n) is 9.52. The normalized spacial score (nSPS) is 14.9. The molecule has 3 nitrogen and oxygen atoms in total. The van der Waals surface area contributed by atoms with Gasteiger partial charge in [-0.05, 0) is 29.7 Å². The van der Waals surface area contributed by atoms with Gasteiger partial charge < -0.3 is 4.18 Å². The van der Waals surface area contributed by atoms with E-state index >= 15 is 0 Å². The van der Waals surface area contributed by atoms with Crippen LogP contribution in [0.25, 0.3) is 6.08 Å². The highest BCUT2D eigenvalue weighted by atomic mass is 32.2. The predicted molar refractivity (Wildman–Crippen MR) is 63.9 cm³/mol. The van der Waals surface area contributed by atoms with Crippen molar-refractivity contribution in [3.8, 4) is 5.75 Å². The Morgan fingerprint density at radius 3 is 2.58 bits per heavy atom. The SMILES string of the molecule is O=S(=O)(Oc1ccc2c(c1)C=CC=CC2)C(F)(F)F. The maximum atomic E-state index is 12.2. The molecule has 1 aliphatic carbocycles. The van der Waals surface area contributed by atoms with Gasteiger partial charge in [0.15, 0.2) is 0 Å². The summed E-state index contributed by atoms with van der Waals surface area (Å²) >= 11 is 0. The number of fused-ring (bicyclic) bond motifs is 1. The second-order valence-corrected chi connectivity index (χ2v) is 5.37. The van der Waals surface area contributed by atoms with Crippen LogP contribution in [-0.4, -0.2) is 13.9 Å². The van der Waals surface area contributed by atoms with Gasteiger partial charge in [0.05, 0.1) is 0 Å². The van der Waals surface area contributed by atoms with E-state index in [1.54, 1.807) is 18.2 Å². The molecule has 0 amide bonds. The topological polar surface area (TPSA) is 43.4 Å². The first kappa shape index (κ1) is 13.7. The minimum absolute atomic E-state index is 0.359. The smallest absolute Gasteiger partial charge is 0.376 e. The van der Waals surface area contributed by atoms with Gasteiger partial charge in [0.25, 0.3) is 0 Å². The molecule has 0 N–H and O–H groups in total. The second-order valence-electron chi connectivity index (χ2n) is 3.84. The molecule has 0 spiro atoms. The van der Waals surface area contributed by atoms with Crippen molar-refractivity contribution in [1.29, 1.82) is 0 Å². The van der Waals surface area contributed by atoms with E-state index < -0.39 is 15.6 Å². The van der Waals surface area contributed by atoms with Crippen molar-refractivity contribution in [1.82, 2.24) is 0 Å². The summed E-state index contributed by atoms with van der Waals surface area (Å²) in [7, 11) is -5.63. The van der Waals surface area contributed by atoms with E-state index in [0.717, 1.165) is 5.56 Å². The van der Waals surface area contributed by atoms with Crippen LogP contribution in [0.4, 0.5) is 13.2 Å². The zero-order chi connectivity index (χ0) is 14.1. The molecule has 102 valence electrons. The standard InChI is InChI=1S/C12H9F3O3S/c13-12(14,15)19(16,17)18-11-7-6-9-4-2-1-3-5-10(9)8-11/h1-3,5-8H,4H2. The van der Waals surface area contributed by atoms with Crippen molar-refractivity contribution in [3.05, 3.63) is 47.6 Å². The van der Waals surface area contributed by atoms with Crippen LogP contribution in [0.3, 0.4) is 0 Å². The van der Waals surface area contributed by atoms with E-state index in [0.29, 0.717) is 12.0 Å². The Kier molecular flexibility index (Phi) is 3.40. The van der Waals surface area contributed by atoms with Gasteiger partial charge in [-0.25, -0.2) is 0 Å². The zero-order valence-corrected chi connectivity index (χ0v) is 10.3. The lowest BCUT2D eigenvalue weighted by atomic mass is 10.1. The highest BCUT2D eigenvalue weighted by Crippen LogP contribution is 2.29. The van der Waals surface area contributed by atoms with E-state index in [2.05, 4.69) is 4.18 Å². The van der Waals surface area contributed by atoms with Crippen LogP contribution in [-0.2, 0) is 16.5 Å². The largest absolute Gasteiger partial charge is 0.534 e. The van der Waals surface area contributed by atoms with Crippen LogP contribution in [0.1, 0.15) is 11.1 Å². The average molecular weight is 290 g/mol. The summed E-state index contributed by atoms with van der Waals surface area (Å²) in [6.07, 6.45) is 7.69. The molecule has 0 aromatic heterocycles. The van der Waals surface area contributed by atoms with E-state index in [1.807, 2.05) is 6.08 Å². The van der Waals surface area contributed by atoms with Crippen molar-refractivity contribution in [2.75, 3.05) is 0 Å². The molecule has 0 unspecified atom stereocenters. The summed E-state index contributed by atoms with van der Waals surface area (Å²) in [6.45, 7) is 0. The number of hydrogen-bond acceptors (Lipinski definition) is 3. The number of alkyl halides is 3. The molecule has 2 rings (SSSR count). The molecule has 19 heavy (non-hydrogen) atoms. The van der Waals surface area contributed by atoms with Gasteiger partial charge in [-0.15, -0.1) is 0 Å². The maximum absolute atomic E-state index is 12.2. The lowest BCUT2D eigenvalue weighted by Gasteiger charge is -2.11. The fraction of sp³-hybridized carbons (Fsp3) is 0.167. The first-order chi connectivity index (χ1) is 8.79. The first-order valence-electron chi connectivity index (χ1n) is 5.26. The Hall–Kier alpha value is -1.76. The quantitative estimate of drug-likeness (QED) is 0.621. The van der Waals surface area contributed by atoms with Crippen LogP contribution in [0.15, 0.2) is 36.4 Å². The van der Waals surface area contributed by atoms with E-state index in [4.69, 9.17) is 0 Å². The lowest BCUT2D eigenvalue weighted by molar-refractivity contribution is -0.0500. The molecule has 0 aliphatic heterocycles. The summed E-state index contributed by atoms with van der Waals surface area (Å²) in [5.41, 5.74) is -3.93. The molecule has 0 bridgehead atoms. The van der Waals surface area contributed by atoms with Gasteiger partial charge in [0.1, 0.15) is 5.75 Å². The minimum Gasteiger partial charge on any atom is -0.376 e. The van der Waals surface area contributed by atoms with Crippen LogP contribution in [0.2, 0.25) is 0 Å². The van der Waals surface area contributed by atoms with Gasteiger partial charge in [-0.2, -0.15) is 21.6 Å². The number of benzene rings is 1. The minimum atomic E-state index is -5.63. The number of rotatable bonds is 2. The van der Waals surface area contributed by atoms with E-state index in [-0.39, 0.29) is 5.75 Å². The molecule has 1 aromatic carbocycles. The summed E-state index contributed by atoms with van der Waals surface area (Å²) in [5.74, 6) is -0.359. The van der Waals surface area contributed by atoms with Gasteiger partial charge in [0.2, 0.25) is 0 Å². The van der Waals surface area contributed by atoms with Crippen molar-refractivity contribution >= 4 is 16.2 Å². The Morgan fingerprint density at radius 2 is 1.89 bits per heavy atom. The lowest BCUT2D eigenvalue weighted by Crippen LogP contribution is -2.28. The Balaban J connectivity index is 2.32. The summed E-state index contributed by atoms with van der Waals surface area (Å²) in [4.78, 5) is 0. The molecule has 0 fully saturated rings. The molecule has 0 saturated carbocycles. The number of halogens is 3. The molecule has 1 aliphatic rings. The molecule has 0 heterocycles. The average Bonchev–Trinajstić information content (AvgIpc) is 2.51. The van der Waals surface area contributed by atoms with Gasteiger partial charge in [-0.1, -0.05) is 30.4 Å². The molecule has 0 radical (unpaired) electrons. The van der Waals surface area contributed by atoms with E-state index in [9.17, 15) is 21.6 Å². The predicted octanol–water partition coefficient (Wildman–Crippen LogP) is 3.04. The fourth-order valence-electron chi connectivity index (χ4n) is 1.57. The summed E-state index contributed by atoms with van der Waals surface area (Å²) in [5, 5.41) is 0. The van der Waals surface area contributed by atoms with Crippen LogP contribution in [0.5, 0.6) is 5.75 Å². The highest BCUT2D eigenvalue weighted by Gasteiger charge is 2.48. The van der Waals surface area contributed by atoms with Crippen molar-refractivity contribution in [2.24, 2.45) is 0 Å². The van der Waals surface area contributed by atoms with Crippen molar-refractivity contribution in [2.45, 2.75) is 11.9 Å². The van der Waals surface area contributed by atoms with Crippen molar-refractivity contribution in [3.63, 3.8) is 0 Å². The number of allylic oxidation sites excluding steroid dienone is 3. The summed E-state index contributed by atoms with van der Waals surface area (Å²) in [6, 6.07) is 4.01. The fourth-order valence-corrected chi connectivity index (χ4v) is 2.02. The maximum Gasteiger partial charge on any atom is 0.534 e. The molecular formula is C12H9F3O3S. The molecule has 0 atom stereocenters. The van der Waals surface area contributed by atoms with Crippen LogP contribution in [0, 0.1) is 0 Å². The van der Waals surface area contributed by atoms with Gasteiger partial charge in [-0.3, -0.25) is 0 Å². The Labute approximate surface area is 108 Å². The van der Waals surface area contributed by atoms with Crippen LogP contribution < -0.4 is 4.18 Å². The molecule has 1 aromatic rings. The monoisotopic (exact) mass is 290 g/mol. The first-order valence-corrected chi connectivity index (χ1v) is 6.67. The van der Waals surface area contributed by atoms with Gasteiger partial charge >= 0.3 is 15.6 Å². The van der Waals surface area contributed by atoms with Crippen LogP contribution >= 0.6 is 0 Å². The second kappa shape index (κ2) is 4.73. The summed E-state index contributed by atoms with van der Waals surface area (Å²) < 4.78 is 62.4. The molecule has 0 saturated heterocycles. The molecular weight excluding hydrogens is 281 g/mol. The van der Waals surface area contributed by atoms with E-state index in [1.165, 1.54) is 18.2 Å². The van der Waals surface area contributed by atoms with Crippen molar-refractivity contribution < 1.29 is 25.8 Å². The third kappa shape index (κ3) is 2.98. The third-order valence-corrected chi connectivity index (χ3v) is 3.45. The highest BCUT2D eigenvalue weighted by molar-refractivity contribution is 7.88. The Morgan fingerprint density at radius 1 is 1.16 bits per heavy atom.